The third-order valence-electron chi connectivity index (χ3n) is 4.79. The lowest BCUT2D eigenvalue weighted by Gasteiger charge is -2.46. The molecule has 4 nitrogen and oxygen atoms in total. The van der Waals surface area contributed by atoms with E-state index in [0.29, 0.717) is 5.92 Å². The van der Waals surface area contributed by atoms with Crippen molar-refractivity contribution in [1.29, 1.82) is 0 Å². The van der Waals surface area contributed by atoms with Crippen LogP contribution in [0.4, 0.5) is 0 Å². The first-order valence-corrected chi connectivity index (χ1v) is 9.29. The highest BCUT2D eigenvalue weighted by Crippen LogP contribution is 2.28. The van der Waals surface area contributed by atoms with Crippen LogP contribution in [0.1, 0.15) is 71.4 Å². The van der Waals surface area contributed by atoms with Gasteiger partial charge in [0.1, 0.15) is 5.75 Å². The van der Waals surface area contributed by atoms with Crippen molar-refractivity contribution in [2.24, 2.45) is 0 Å². The van der Waals surface area contributed by atoms with E-state index in [1.807, 2.05) is 12.1 Å². The van der Waals surface area contributed by atoms with Gasteiger partial charge in [-0.1, -0.05) is 19.9 Å². The molecule has 0 atom stereocenters. The Morgan fingerprint density at radius 3 is 2.36 bits per heavy atom. The van der Waals surface area contributed by atoms with Crippen molar-refractivity contribution >= 4 is 5.91 Å². The number of amides is 1. The number of hydrogen-bond acceptors (Lipinski definition) is 3. The summed E-state index contributed by atoms with van der Waals surface area (Å²) in [5.74, 6) is 1.19. The van der Waals surface area contributed by atoms with Gasteiger partial charge in [0.25, 0.3) is 5.91 Å². The molecule has 1 heterocycles. The Hall–Kier alpha value is -1.55. The number of carbonyl (C=O) groups excluding carboxylic acids is 1. The van der Waals surface area contributed by atoms with Crippen molar-refractivity contribution in [2.45, 2.75) is 84.3 Å². The van der Waals surface area contributed by atoms with Crippen molar-refractivity contribution in [3.63, 3.8) is 0 Å². The Morgan fingerprint density at radius 2 is 1.84 bits per heavy atom. The first-order chi connectivity index (χ1) is 11.5. The molecule has 1 aromatic carbocycles. The van der Waals surface area contributed by atoms with E-state index in [1.54, 1.807) is 0 Å². The number of carbonyl (C=O) groups is 1. The van der Waals surface area contributed by atoms with E-state index in [1.165, 1.54) is 11.1 Å². The average molecular weight is 347 g/mol. The summed E-state index contributed by atoms with van der Waals surface area (Å²) in [7, 11) is 0. The first kappa shape index (κ1) is 19.8. The number of aryl methyl sites for hydroxylation is 1. The Labute approximate surface area is 152 Å². The zero-order valence-electron chi connectivity index (χ0n) is 16.8. The average Bonchev–Trinajstić information content (AvgIpc) is 2.41. The number of nitrogens with one attached hydrogen (secondary N) is 2. The number of piperidine rings is 1. The van der Waals surface area contributed by atoms with Gasteiger partial charge in [-0.3, -0.25) is 4.79 Å². The highest BCUT2D eigenvalue weighted by atomic mass is 16.5. The van der Waals surface area contributed by atoms with Crippen LogP contribution in [0.5, 0.6) is 5.75 Å². The lowest BCUT2D eigenvalue weighted by molar-refractivity contribution is -0.124. The topological polar surface area (TPSA) is 50.4 Å². The second-order valence-corrected chi connectivity index (χ2v) is 9.03. The van der Waals surface area contributed by atoms with Crippen LogP contribution in [0.15, 0.2) is 18.2 Å². The highest BCUT2D eigenvalue weighted by molar-refractivity contribution is 5.77. The van der Waals surface area contributed by atoms with Gasteiger partial charge in [-0.25, -0.2) is 0 Å². The van der Waals surface area contributed by atoms with Crippen molar-refractivity contribution < 1.29 is 9.53 Å². The van der Waals surface area contributed by atoms with Crippen LogP contribution in [-0.2, 0) is 4.79 Å². The van der Waals surface area contributed by atoms with Gasteiger partial charge in [0.15, 0.2) is 6.61 Å². The van der Waals surface area contributed by atoms with Crippen LogP contribution in [0, 0.1) is 6.92 Å². The molecule has 2 rings (SSSR count). The van der Waals surface area contributed by atoms with E-state index in [4.69, 9.17) is 4.74 Å². The third kappa shape index (κ3) is 5.74. The molecule has 0 bridgehead atoms. The molecule has 1 aliphatic heterocycles. The zero-order chi connectivity index (χ0) is 18.8. The minimum Gasteiger partial charge on any atom is -0.484 e. The molecule has 140 valence electrons. The molecular formula is C21H34N2O2. The fraction of sp³-hybridized carbons (Fsp3) is 0.667. The summed E-state index contributed by atoms with van der Waals surface area (Å²) in [6.07, 6.45) is 1.84. The molecule has 1 aromatic rings. The molecule has 0 radical (unpaired) electrons. The molecule has 25 heavy (non-hydrogen) atoms. The first-order valence-electron chi connectivity index (χ1n) is 9.29. The van der Waals surface area contributed by atoms with Crippen LogP contribution in [0.3, 0.4) is 0 Å². The lowest BCUT2D eigenvalue weighted by Crippen LogP contribution is -2.62. The minimum absolute atomic E-state index is 0.0182. The Kier molecular flexibility index (Phi) is 5.82. The molecule has 2 N–H and O–H groups in total. The summed E-state index contributed by atoms with van der Waals surface area (Å²) in [6.45, 7) is 15.2. The standard InChI is InChI=1S/C21H34N2O2/c1-14(2)18-9-8-17(10-15(18)3)25-13-19(24)22-16-11-20(4,5)23-21(6,7)12-16/h8-10,14,16,23H,11-13H2,1-7H3,(H,22,24). The monoisotopic (exact) mass is 346 g/mol. The Bertz CT molecular complexity index is 604. The van der Waals surface area contributed by atoms with Crippen molar-refractivity contribution in [3.8, 4) is 5.75 Å². The summed E-state index contributed by atoms with van der Waals surface area (Å²) in [6, 6.07) is 6.23. The lowest BCUT2D eigenvalue weighted by atomic mass is 9.79. The minimum atomic E-state index is -0.0518. The number of ether oxygens (including phenoxy) is 1. The van der Waals surface area contributed by atoms with Gasteiger partial charge in [0.2, 0.25) is 0 Å². The van der Waals surface area contributed by atoms with Crippen molar-refractivity contribution in [1.82, 2.24) is 10.6 Å². The van der Waals surface area contributed by atoms with E-state index in [9.17, 15) is 4.79 Å². The molecule has 4 heteroatoms. The zero-order valence-corrected chi connectivity index (χ0v) is 16.8. The van der Waals surface area contributed by atoms with Crippen molar-refractivity contribution in [2.75, 3.05) is 6.61 Å². The smallest absolute Gasteiger partial charge is 0.258 e. The predicted molar refractivity (Wildman–Crippen MR) is 103 cm³/mol. The number of hydrogen-bond donors (Lipinski definition) is 2. The van der Waals surface area contributed by atoms with E-state index in [0.717, 1.165) is 18.6 Å². The Morgan fingerprint density at radius 1 is 1.24 bits per heavy atom. The molecular weight excluding hydrogens is 312 g/mol. The maximum atomic E-state index is 12.3. The van der Waals surface area contributed by atoms with E-state index >= 15 is 0 Å². The molecule has 0 saturated carbocycles. The molecule has 0 aliphatic carbocycles. The van der Waals surface area contributed by atoms with Crippen LogP contribution >= 0.6 is 0 Å². The van der Waals surface area contributed by atoms with Gasteiger partial charge in [-0.2, -0.15) is 0 Å². The third-order valence-corrected chi connectivity index (χ3v) is 4.79. The molecule has 0 unspecified atom stereocenters. The number of benzene rings is 1. The molecule has 0 aromatic heterocycles. The maximum Gasteiger partial charge on any atom is 0.258 e. The summed E-state index contributed by atoms with van der Waals surface area (Å²) in [5, 5.41) is 6.77. The van der Waals surface area contributed by atoms with Crippen LogP contribution in [-0.4, -0.2) is 29.6 Å². The summed E-state index contributed by atoms with van der Waals surface area (Å²) in [5.41, 5.74) is 2.56. The van der Waals surface area contributed by atoms with E-state index < -0.39 is 0 Å². The fourth-order valence-electron chi connectivity index (χ4n) is 4.23. The summed E-state index contributed by atoms with van der Waals surface area (Å²) >= 11 is 0. The summed E-state index contributed by atoms with van der Waals surface area (Å²) in [4.78, 5) is 12.3. The van der Waals surface area contributed by atoms with Crippen LogP contribution < -0.4 is 15.4 Å². The molecule has 1 amide bonds. The normalized spacial score (nSPS) is 19.7. The second-order valence-electron chi connectivity index (χ2n) is 9.03. The molecule has 1 fully saturated rings. The van der Waals surface area contributed by atoms with Gasteiger partial charge >= 0.3 is 0 Å². The van der Waals surface area contributed by atoms with Gasteiger partial charge in [0, 0.05) is 17.1 Å². The fourth-order valence-corrected chi connectivity index (χ4v) is 4.23. The van der Waals surface area contributed by atoms with Gasteiger partial charge < -0.3 is 15.4 Å². The molecule has 1 saturated heterocycles. The largest absolute Gasteiger partial charge is 0.484 e. The SMILES string of the molecule is Cc1cc(OCC(=O)NC2CC(C)(C)NC(C)(C)C2)ccc1C(C)C. The maximum absolute atomic E-state index is 12.3. The Balaban J connectivity index is 1.89. The van der Waals surface area contributed by atoms with Crippen molar-refractivity contribution in [3.05, 3.63) is 29.3 Å². The van der Waals surface area contributed by atoms with Crippen LogP contribution in [0.25, 0.3) is 0 Å². The predicted octanol–water partition coefficient (Wildman–Crippen LogP) is 3.92. The van der Waals surface area contributed by atoms with Gasteiger partial charge in [-0.15, -0.1) is 0 Å². The quantitative estimate of drug-likeness (QED) is 0.849. The van der Waals surface area contributed by atoms with E-state index in [-0.39, 0.29) is 29.6 Å². The second kappa shape index (κ2) is 7.36. The van der Waals surface area contributed by atoms with E-state index in [2.05, 4.69) is 65.2 Å². The van der Waals surface area contributed by atoms with Gasteiger partial charge in [-0.05, 0) is 76.6 Å². The highest BCUT2D eigenvalue weighted by Gasteiger charge is 2.38. The molecule has 0 spiro atoms. The van der Waals surface area contributed by atoms with Crippen LogP contribution in [0.2, 0.25) is 0 Å². The number of rotatable bonds is 5. The molecule has 1 aliphatic rings. The summed E-state index contributed by atoms with van der Waals surface area (Å²) < 4.78 is 5.70. The van der Waals surface area contributed by atoms with Gasteiger partial charge in [0.05, 0.1) is 0 Å².